The molecule has 2 N–H and O–H groups in total. The molecular formula is C26H32N4O4. The van der Waals surface area contributed by atoms with Crippen LogP contribution in [0, 0.1) is 5.92 Å². The van der Waals surface area contributed by atoms with Crippen LogP contribution in [0.3, 0.4) is 0 Å². The van der Waals surface area contributed by atoms with Gasteiger partial charge in [-0.05, 0) is 69.9 Å². The van der Waals surface area contributed by atoms with Crippen LogP contribution < -0.4 is 10.1 Å². The van der Waals surface area contributed by atoms with Gasteiger partial charge >= 0.3 is 5.97 Å². The highest BCUT2D eigenvalue weighted by atomic mass is 16.6. The number of piperidine rings is 1. The number of fused-ring (bicyclic) bond motifs is 1. The summed E-state index contributed by atoms with van der Waals surface area (Å²) in [6.45, 7) is 7.45. The largest absolute Gasteiger partial charge is 0.482 e. The first-order valence-electron chi connectivity index (χ1n) is 11.7. The van der Waals surface area contributed by atoms with Gasteiger partial charge in [0.05, 0.1) is 11.0 Å². The summed E-state index contributed by atoms with van der Waals surface area (Å²) in [5.41, 5.74) is 1.96. The molecule has 0 radical (unpaired) electrons. The Morgan fingerprint density at radius 2 is 1.88 bits per heavy atom. The molecule has 1 aromatic heterocycles. The molecule has 3 aromatic rings. The van der Waals surface area contributed by atoms with Crippen molar-refractivity contribution >= 4 is 28.9 Å². The van der Waals surface area contributed by atoms with Crippen LogP contribution in [0.1, 0.15) is 44.0 Å². The van der Waals surface area contributed by atoms with Crippen LogP contribution in [0.4, 0.5) is 5.95 Å². The predicted molar refractivity (Wildman–Crippen MR) is 131 cm³/mol. The predicted octanol–water partition coefficient (Wildman–Crippen LogP) is 4.25. The molecular weight excluding hydrogens is 432 g/mol. The van der Waals surface area contributed by atoms with Crippen LogP contribution in [0.2, 0.25) is 0 Å². The van der Waals surface area contributed by atoms with Gasteiger partial charge < -0.3 is 24.7 Å². The summed E-state index contributed by atoms with van der Waals surface area (Å²) < 4.78 is 10.8. The smallest absolute Gasteiger partial charge is 0.344 e. The molecule has 8 heteroatoms. The number of carbonyl (C=O) groups is 2. The van der Waals surface area contributed by atoms with Gasteiger partial charge in [0.25, 0.3) is 5.91 Å². The van der Waals surface area contributed by atoms with Crippen molar-refractivity contribution < 1.29 is 19.1 Å². The number of esters is 1. The van der Waals surface area contributed by atoms with Crippen molar-refractivity contribution in [3.05, 3.63) is 54.1 Å². The second-order valence-electron chi connectivity index (χ2n) is 9.62. The van der Waals surface area contributed by atoms with E-state index in [1.54, 1.807) is 24.3 Å². The lowest BCUT2D eigenvalue weighted by atomic mass is 9.96. The Hall–Kier alpha value is -3.55. The van der Waals surface area contributed by atoms with Crippen LogP contribution in [-0.2, 0) is 9.53 Å². The molecule has 4 rings (SSSR count). The van der Waals surface area contributed by atoms with E-state index in [-0.39, 0.29) is 12.5 Å². The maximum absolute atomic E-state index is 13.0. The van der Waals surface area contributed by atoms with E-state index < -0.39 is 11.6 Å². The zero-order valence-electron chi connectivity index (χ0n) is 20.0. The van der Waals surface area contributed by atoms with Crippen molar-refractivity contribution in [2.75, 3.05) is 31.6 Å². The number of aromatic nitrogens is 2. The van der Waals surface area contributed by atoms with Crippen LogP contribution in [0.5, 0.6) is 5.75 Å². The average Bonchev–Trinajstić information content (AvgIpc) is 3.23. The molecule has 0 bridgehead atoms. The standard InChI is InChI=1S/C26H32N4O4/c1-26(2,3)34-23(31)17-33-20-8-6-7-19(15-20)24(32)30-13-11-18(12-14-30)16-27-25-28-21-9-4-5-10-22(21)29-25/h4-10,15,18H,11-14,16-17H2,1-3H3,(H2,27,28,29). The van der Waals surface area contributed by atoms with Crippen LogP contribution in [-0.4, -0.2) is 58.6 Å². The first kappa shape index (κ1) is 23.6. The molecule has 8 nitrogen and oxygen atoms in total. The molecule has 2 heterocycles. The van der Waals surface area contributed by atoms with E-state index >= 15 is 0 Å². The summed E-state index contributed by atoms with van der Waals surface area (Å²) in [6.07, 6.45) is 1.85. The Morgan fingerprint density at radius 1 is 1.12 bits per heavy atom. The number of H-pyrrole nitrogens is 1. The van der Waals surface area contributed by atoms with Gasteiger partial charge in [0, 0.05) is 25.2 Å². The fourth-order valence-electron chi connectivity index (χ4n) is 4.03. The van der Waals surface area contributed by atoms with Gasteiger partial charge in [-0.1, -0.05) is 18.2 Å². The van der Waals surface area contributed by atoms with Crippen molar-refractivity contribution in [1.82, 2.24) is 14.9 Å². The topological polar surface area (TPSA) is 96.6 Å². The molecule has 0 unspecified atom stereocenters. The first-order chi connectivity index (χ1) is 16.3. The van der Waals surface area contributed by atoms with Gasteiger partial charge in [0.1, 0.15) is 11.4 Å². The molecule has 1 fully saturated rings. The van der Waals surface area contributed by atoms with E-state index in [0.29, 0.717) is 30.3 Å². The number of amides is 1. The first-order valence-corrected chi connectivity index (χ1v) is 11.7. The number of hydrogen-bond donors (Lipinski definition) is 2. The minimum Gasteiger partial charge on any atom is -0.482 e. The number of imidazole rings is 1. The number of nitrogens with one attached hydrogen (secondary N) is 2. The van der Waals surface area contributed by atoms with Gasteiger partial charge in [0.15, 0.2) is 6.61 Å². The van der Waals surface area contributed by atoms with Gasteiger partial charge in [-0.25, -0.2) is 9.78 Å². The van der Waals surface area contributed by atoms with Crippen molar-refractivity contribution in [2.24, 2.45) is 5.92 Å². The highest BCUT2D eigenvalue weighted by molar-refractivity contribution is 5.94. The second kappa shape index (κ2) is 10.2. The zero-order chi connectivity index (χ0) is 24.1. The molecule has 1 aliphatic rings. The van der Waals surface area contributed by atoms with Crippen molar-refractivity contribution in [1.29, 1.82) is 0 Å². The third kappa shape index (κ3) is 6.27. The molecule has 0 spiro atoms. The number of aromatic amines is 1. The average molecular weight is 465 g/mol. The highest BCUT2D eigenvalue weighted by Crippen LogP contribution is 2.22. The van der Waals surface area contributed by atoms with Crippen molar-refractivity contribution in [3.63, 3.8) is 0 Å². The Labute approximate surface area is 199 Å². The quantitative estimate of drug-likeness (QED) is 0.508. The van der Waals surface area contributed by atoms with Crippen LogP contribution in [0.25, 0.3) is 11.0 Å². The van der Waals surface area contributed by atoms with E-state index in [4.69, 9.17) is 9.47 Å². The number of rotatable bonds is 7. The molecule has 1 aliphatic heterocycles. The summed E-state index contributed by atoms with van der Waals surface area (Å²) in [4.78, 5) is 34.6. The van der Waals surface area contributed by atoms with Gasteiger partial charge in [-0.15, -0.1) is 0 Å². The third-order valence-corrected chi connectivity index (χ3v) is 5.71. The lowest BCUT2D eigenvalue weighted by Gasteiger charge is -2.32. The van der Waals surface area contributed by atoms with Crippen LogP contribution >= 0.6 is 0 Å². The Balaban J connectivity index is 1.25. The Bertz CT molecular complexity index is 1110. The molecule has 0 atom stereocenters. The lowest BCUT2D eigenvalue weighted by Crippen LogP contribution is -2.40. The maximum atomic E-state index is 13.0. The Morgan fingerprint density at radius 3 is 2.62 bits per heavy atom. The van der Waals surface area contributed by atoms with E-state index in [1.165, 1.54) is 0 Å². The molecule has 1 amide bonds. The SMILES string of the molecule is CC(C)(C)OC(=O)COc1cccc(C(=O)N2CCC(CNc3nc4ccccc4[nH]3)CC2)c1. The lowest BCUT2D eigenvalue weighted by molar-refractivity contribution is -0.157. The van der Waals surface area contributed by atoms with Crippen molar-refractivity contribution in [3.8, 4) is 5.75 Å². The Kier molecular flexibility index (Phi) is 7.05. The van der Waals surface area contributed by atoms with Gasteiger partial charge in [0.2, 0.25) is 5.95 Å². The highest BCUT2D eigenvalue weighted by Gasteiger charge is 2.24. The fraction of sp³-hybridized carbons (Fsp3) is 0.423. The number of para-hydroxylation sites is 2. The fourth-order valence-corrected chi connectivity index (χ4v) is 4.03. The van der Waals surface area contributed by atoms with E-state index in [9.17, 15) is 9.59 Å². The number of benzene rings is 2. The summed E-state index contributed by atoms with van der Waals surface area (Å²) >= 11 is 0. The summed E-state index contributed by atoms with van der Waals surface area (Å²) in [6, 6.07) is 14.9. The minimum absolute atomic E-state index is 0.0218. The number of nitrogens with zero attached hydrogens (tertiary/aromatic N) is 2. The normalized spacial score (nSPS) is 14.7. The number of hydrogen-bond acceptors (Lipinski definition) is 6. The molecule has 1 saturated heterocycles. The van der Waals surface area contributed by atoms with E-state index in [0.717, 1.165) is 36.4 Å². The van der Waals surface area contributed by atoms with Gasteiger partial charge in [-0.2, -0.15) is 0 Å². The molecule has 0 aliphatic carbocycles. The molecule has 0 saturated carbocycles. The van der Waals surface area contributed by atoms with E-state index in [1.807, 2.05) is 49.9 Å². The summed E-state index contributed by atoms with van der Waals surface area (Å²) in [5.74, 6) is 1.26. The molecule has 2 aromatic carbocycles. The molecule has 180 valence electrons. The number of likely N-dealkylation sites (tertiary alicyclic amines) is 1. The molecule has 34 heavy (non-hydrogen) atoms. The second-order valence-corrected chi connectivity index (χ2v) is 9.62. The number of carbonyl (C=O) groups excluding carboxylic acids is 2. The monoisotopic (exact) mass is 464 g/mol. The maximum Gasteiger partial charge on any atom is 0.344 e. The minimum atomic E-state index is -0.564. The van der Waals surface area contributed by atoms with E-state index in [2.05, 4.69) is 15.3 Å². The zero-order valence-corrected chi connectivity index (χ0v) is 20.0. The third-order valence-electron chi connectivity index (χ3n) is 5.71. The summed E-state index contributed by atoms with van der Waals surface area (Å²) in [5, 5.41) is 3.40. The van der Waals surface area contributed by atoms with Crippen LogP contribution in [0.15, 0.2) is 48.5 Å². The van der Waals surface area contributed by atoms with Crippen molar-refractivity contribution in [2.45, 2.75) is 39.2 Å². The summed E-state index contributed by atoms with van der Waals surface area (Å²) in [7, 11) is 0. The van der Waals surface area contributed by atoms with Gasteiger partial charge in [-0.3, -0.25) is 4.79 Å². The number of ether oxygens (including phenoxy) is 2. The number of anilines is 1.